The molecule has 92 valence electrons. The third kappa shape index (κ3) is 2.66. The lowest BCUT2D eigenvalue weighted by Crippen LogP contribution is -2.33. The van der Waals surface area contributed by atoms with Gasteiger partial charge in [0.15, 0.2) is 0 Å². The Balaban J connectivity index is 2.92. The van der Waals surface area contributed by atoms with Gasteiger partial charge in [0, 0.05) is 19.2 Å². The van der Waals surface area contributed by atoms with E-state index in [1.54, 1.807) is 4.68 Å². The minimum atomic E-state index is -0.193. The van der Waals surface area contributed by atoms with Crippen molar-refractivity contribution in [3.8, 4) is 0 Å². The Bertz CT molecular complexity index is 357. The van der Waals surface area contributed by atoms with Crippen LogP contribution in [0, 0.1) is 0 Å². The average molecular weight is 226 g/mol. The minimum Gasteiger partial charge on any atom is -0.396 e. The summed E-state index contributed by atoms with van der Waals surface area (Å²) >= 11 is 0. The average Bonchev–Trinajstić information content (AvgIpc) is 2.45. The highest BCUT2D eigenvalue weighted by molar-refractivity contribution is 5.65. The Morgan fingerprint density at radius 2 is 2.12 bits per heavy atom. The number of anilines is 2. The lowest BCUT2D eigenvalue weighted by molar-refractivity contribution is 0.260. The first-order valence-corrected chi connectivity index (χ1v) is 5.61. The summed E-state index contributed by atoms with van der Waals surface area (Å²) in [6.07, 6.45) is 1.49. The van der Waals surface area contributed by atoms with Crippen LogP contribution in [0.25, 0.3) is 0 Å². The van der Waals surface area contributed by atoms with Gasteiger partial charge in [-0.15, -0.1) is 0 Å². The second-order valence-electron chi connectivity index (χ2n) is 4.67. The van der Waals surface area contributed by atoms with Crippen LogP contribution in [-0.2, 0) is 13.5 Å². The van der Waals surface area contributed by atoms with Gasteiger partial charge in [-0.05, 0) is 26.7 Å². The molecule has 0 amide bonds. The highest BCUT2D eigenvalue weighted by Crippen LogP contribution is 2.26. The number of nitrogen functional groups attached to an aromatic ring is 1. The molecule has 0 saturated heterocycles. The van der Waals surface area contributed by atoms with E-state index in [4.69, 9.17) is 10.8 Å². The molecular formula is C11H22N4O. The molecule has 1 aromatic rings. The third-order valence-electron chi connectivity index (χ3n) is 2.69. The van der Waals surface area contributed by atoms with Crippen LogP contribution in [0.2, 0.25) is 0 Å². The van der Waals surface area contributed by atoms with E-state index in [0.717, 1.165) is 17.9 Å². The SMILES string of the molecule is CCc1nn(C)c(NC(C)(C)CCO)c1N. The Morgan fingerprint density at radius 3 is 2.56 bits per heavy atom. The van der Waals surface area contributed by atoms with Crippen molar-refractivity contribution in [3.05, 3.63) is 5.69 Å². The van der Waals surface area contributed by atoms with E-state index in [0.29, 0.717) is 12.1 Å². The molecule has 0 bridgehead atoms. The zero-order chi connectivity index (χ0) is 12.3. The van der Waals surface area contributed by atoms with E-state index < -0.39 is 0 Å². The summed E-state index contributed by atoms with van der Waals surface area (Å²) in [5.74, 6) is 0.829. The van der Waals surface area contributed by atoms with Crippen molar-refractivity contribution in [2.45, 2.75) is 39.2 Å². The van der Waals surface area contributed by atoms with Crippen LogP contribution in [0.3, 0.4) is 0 Å². The molecule has 16 heavy (non-hydrogen) atoms. The zero-order valence-corrected chi connectivity index (χ0v) is 10.5. The van der Waals surface area contributed by atoms with E-state index in [-0.39, 0.29) is 12.1 Å². The Labute approximate surface area is 96.6 Å². The maximum atomic E-state index is 8.98. The smallest absolute Gasteiger partial charge is 0.148 e. The molecule has 0 aliphatic carbocycles. The maximum Gasteiger partial charge on any atom is 0.148 e. The van der Waals surface area contributed by atoms with Gasteiger partial charge in [-0.2, -0.15) is 5.10 Å². The Hall–Kier alpha value is -1.23. The van der Waals surface area contributed by atoms with Crippen LogP contribution in [0.5, 0.6) is 0 Å². The molecule has 0 fully saturated rings. The molecule has 0 aliphatic rings. The molecule has 1 aromatic heterocycles. The van der Waals surface area contributed by atoms with E-state index in [2.05, 4.69) is 10.4 Å². The zero-order valence-electron chi connectivity index (χ0n) is 10.5. The quantitative estimate of drug-likeness (QED) is 0.703. The van der Waals surface area contributed by atoms with Crippen molar-refractivity contribution in [2.75, 3.05) is 17.7 Å². The summed E-state index contributed by atoms with van der Waals surface area (Å²) < 4.78 is 1.76. The Kier molecular flexibility index (Phi) is 3.80. The van der Waals surface area contributed by atoms with Crippen molar-refractivity contribution >= 4 is 11.5 Å². The molecule has 0 aromatic carbocycles. The van der Waals surface area contributed by atoms with Crippen molar-refractivity contribution in [2.24, 2.45) is 7.05 Å². The van der Waals surface area contributed by atoms with Gasteiger partial charge in [-0.25, -0.2) is 0 Å². The number of nitrogens with two attached hydrogens (primary N) is 1. The van der Waals surface area contributed by atoms with Gasteiger partial charge in [0.2, 0.25) is 0 Å². The van der Waals surface area contributed by atoms with Gasteiger partial charge in [0.1, 0.15) is 5.82 Å². The van der Waals surface area contributed by atoms with Gasteiger partial charge in [0.25, 0.3) is 0 Å². The third-order valence-corrected chi connectivity index (χ3v) is 2.69. The fraction of sp³-hybridized carbons (Fsp3) is 0.727. The standard InChI is InChI=1S/C11H22N4O/c1-5-8-9(12)10(15(4)14-8)13-11(2,3)6-7-16/h13,16H,5-7,12H2,1-4H3. The number of hydrogen-bond donors (Lipinski definition) is 3. The first-order chi connectivity index (χ1) is 7.41. The molecule has 0 atom stereocenters. The molecule has 0 spiro atoms. The number of nitrogens with zero attached hydrogens (tertiary/aromatic N) is 2. The van der Waals surface area contributed by atoms with Crippen LogP contribution >= 0.6 is 0 Å². The summed E-state index contributed by atoms with van der Waals surface area (Å²) in [6.45, 7) is 6.24. The van der Waals surface area contributed by atoms with Crippen LogP contribution in [0.4, 0.5) is 11.5 Å². The van der Waals surface area contributed by atoms with Gasteiger partial charge in [-0.1, -0.05) is 6.92 Å². The number of aliphatic hydroxyl groups is 1. The fourth-order valence-corrected chi connectivity index (χ4v) is 1.67. The predicted molar refractivity (Wildman–Crippen MR) is 66.4 cm³/mol. The lowest BCUT2D eigenvalue weighted by atomic mass is 10.0. The van der Waals surface area contributed by atoms with Gasteiger partial charge in [0.05, 0.1) is 11.4 Å². The monoisotopic (exact) mass is 226 g/mol. The van der Waals surface area contributed by atoms with Crippen molar-refractivity contribution in [1.82, 2.24) is 9.78 Å². The maximum absolute atomic E-state index is 8.98. The summed E-state index contributed by atoms with van der Waals surface area (Å²) in [5, 5.41) is 16.6. The van der Waals surface area contributed by atoms with E-state index in [9.17, 15) is 0 Å². The van der Waals surface area contributed by atoms with E-state index in [1.807, 2.05) is 27.8 Å². The summed E-state index contributed by atoms with van der Waals surface area (Å²) in [7, 11) is 1.87. The largest absolute Gasteiger partial charge is 0.396 e. The van der Waals surface area contributed by atoms with Gasteiger partial charge < -0.3 is 16.2 Å². The number of hydrogen-bond acceptors (Lipinski definition) is 4. The molecule has 5 heteroatoms. The number of rotatable bonds is 5. The molecule has 0 saturated carbocycles. The second kappa shape index (κ2) is 4.74. The van der Waals surface area contributed by atoms with Crippen molar-refractivity contribution in [1.29, 1.82) is 0 Å². The molecule has 4 N–H and O–H groups in total. The Morgan fingerprint density at radius 1 is 1.50 bits per heavy atom. The number of aliphatic hydroxyl groups excluding tert-OH is 1. The normalized spacial score (nSPS) is 11.8. The van der Waals surface area contributed by atoms with Crippen LogP contribution in [0.15, 0.2) is 0 Å². The molecule has 5 nitrogen and oxygen atoms in total. The first-order valence-electron chi connectivity index (χ1n) is 5.61. The van der Waals surface area contributed by atoms with E-state index >= 15 is 0 Å². The van der Waals surface area contributed by atoms with Crippen LogP contribution < -0.4 is 11.1 Å². The van der Waals surface area contributed by atoms with Gasteiger partial charge in [-0.3, -0.25) is 4.68 Å². The number of aromatic nitrogens is 2. The van der Waals surface area contributed by atoms with Crippen LogP contribution in [0.1, 0.15) is 32.9 Å². The minimum absolute atomic E-state index is 0.151. The molecule has 0 aliphatic heterocycles. The van der Waals surface area contributed by atoms with Crippen molar-refractivity contribution < 1.29 is 5.11 Å². The molecule has 0 unspecified atom stereocenters. The summed E-state index contributed by atoms with van der Waals surface area (Å²) in [6, 6.07) is 0. The van der Waals surface area contributed by atoms with E-state index in [1.165, 1.54) is 0 Å². The molecular weight excluding hydrogens is 204 g/mol. The molecule has 1 heterocycles. The molecule has 0 radical (unpaired) electrons. The first kappa shape index (κ1) is 12.8. The molecule has 1 rings (SSSR count). The fourth-order valence-electron chi connectivity index (χ4n) is 1.67. The van der Waals surface area contributed by atoms with Crippen molar-refractivity contribution in [3.63, 3.8) is 0 Å². The second-order valence-corrected chi connectivity index (χ2v) is 4.67. The summed E-state index contributed by atoms with van der Waals surface area (Å²) in [4.78, 5) is 0. The topological polar surface area (TPSA) is 76.1 Å². The predicted octanol–water partition coefficient (Wildman–Crippen LogP) is 1.14. The highest BCUT2D eigenvalue weighted by Gasteiger charge is 2.21. The highest BCUT2D eigenvalue weighted by atomic mass is 16.3. The lowest BCUT2D eigenvalue weighted by Gasteiger charge is -2.26. The number of nitrogens with one attached hydrogen (secondary N) is 1. The van der Waals surface area contributed by atoms with Crippen LogP contribution in [-0.4, -0.2) is 27.0 Å². The summed E-state index contributed by atoms with van der Waals surface area (Å²) in [5.41, 5.74) is 7.43. The number of aryl methyl sites for hydroxylation is 2. The van der Waals surface area contributed by atoms with Gasteiger partial charge >= 0.3 is 0 Å².